The lowest BCUT2D eigenvalue weighted by Crippen LogP contribution is -2.26. The van der Waals surface area contributed by atoms with E-state index in [1.165, 1.54) is 6.08 Å². The smallest absolute Gasteiger partial charge is 0.108 e. The third kappa shape index (κ3) is 2.34. The number of halogens is 2. The summed E-state index contributed by atoms with van der Waals surface area (Å²) < 4.78 is 13.6. The van der Waals surface area contributed by atoms with Crippen LogP contribution >= 0.6 is 11.6 Å². The average molecular weight is 203 g/mol. The molecule has 0 heterocycles. The van der Waals surface area contributed by atoms with Crippen molar-refractivity contribution in [3.8, 4) is 0 Å². The van der Waals surface area contributed by atoms with Crippen LogP contribution in [0.25, 0.3) is 0 Å². The highest BCUT2D eigenvalue weighted by Crippen LogP contribution is 2.42. The molecule has 0 N–H and O–H groups in total. The van der Waals surface area contributed by atoms with Gasteiger partial charge in [0.25, 0.3) is 0 Å². The van der Waals surface area contributed by atoms with Crippen LogP contribution in [0.3, 0.4) is 0 Å². The van der Waals surface area contributed by atoms with Crippen LogP contribution in [-0.4, -0.2) is 5.88 Å². The second kappa shape index (κ2) is 4.28. The summed E-state index contributed by atoms with van der Waals surface area (Å²) in [6.07, 6.45) is 6.85. The molecule has 0 aliphatic heterocycles. The van der Waals surface area contributed by atoms with E-state index in [9.17, 15) is 4.39 Å². The maximum atomic E-state index is 13.6. The molecule has 0 fully saturated rings. The molecule has 0 radical (unpaired) electrons. The lowest BCUT2D eigenvalue weighted by atomic mass is 9.76. The summed E-state index contributed by atoms with van der Waals surface area (Å²) in [5.41, 5.74) is -0.426. The number of allylic oxidation sites excluding steroid dienone is 4. The van der Waals surface area contributed by atoms with Crippen LogP contribution in [0.4, 0.5) is 4.39 Å². The van der Waals surface area contributed by atoms with Crippen molar-refractivity contribution in [2.24, 2.45) is 11.3 Å². The first-order chi connectivity index (χ1) is 6.10. The summed E-state index contributed by atoms with van der Waals surface area (Å²) in [7, 11) is 0. The van der Waals surface area contributed by atoms with E-state index in [4.69, 9.17) is 11.6 Å². The molecule has 0 bridgehead atoms. The first-order valence-corrected chi connectivity index (χ1v) is 5.23. The van der Waals surface area contributed by atoms with Crippen molar-refractivity contribution >= 4 is 11.6 Å². The fourth-order valence-corrected chi connectivity index (χ4v) is 2.20. The first kappa shape index (κ1) is 10.8. The Morgan fingerprint density at radius 1 is 1.62 bits per heavy atom. The Kier molecular flexibility index (Phi) is 3.55. The second-order valence-electron chi connectivity index (χ2n) is 4.16. The fourth-order valence-electron chi connectivity index (χ4n) is 1.86. The van der Waals surface area contributed by atoms with E-state index in [0.29, 0.717) is 11.8 Å². The Labute approximate surface area is 84.5 Å². The molecule has 0 saturated heterocycles. The van der Waals surface area contributed by atoms with Crippen LogP contribution < -0.4 is 0 Å². The van der Waals surface area contributed by atoms with Crippen LogP contribution in [0.15, 0.2) is 24.1 Å². The largest absolute Gasteiger partial charge is 0.211 e. The molecule has 0 aromatic heterocycles. The van der Waals surface area contributed by atoms with Gasteiger partial charge in [0.05, 0.1) is 0 Å². The van der Waals surface area contributed by atoms with Crippen molar-refractivity contribution in [2.45, 2.75) is 26.7 Å². The normalized spacial score (nSPS) is 27.9. The van der Waals surface area contributed by atoms with E-state index in [2.05, 4.69) is 13.8 Å². The van der Waals surface area contributed by atoms with E-state index in [0.717, 1.165) is 12.8 Å². The topological polar surface area (TPSA) is 0 Å². The van der Waals surface area contributed by atoms with Crippen molar-refractivity contribution in [3.63, 3.8) is 0 Å². The van der Waals surface area contributed by atoms with Crippen molar-refractivity contribution < 1.29 is 4.39 Å². The van der Waals surface area contributed by atoms with Crippen molar-refractivity contribution in [1.82, 2.24) is 0 Å². The van der Waals surface area contributed by atoms with Gasteiger partial charge < -0.3 is 0 Å². The highest BCUT2D eigenvalue weighted by molar-refractivity contribution is 6.18. The van der Waals surface area contributed by atoms with Gasteiger partial charge in [-0.3, -0.25) is 0 Å². The monoisotopic (exact) mass is 202 g/mol. The minimum absolute atomic E-state index is 0.0568. The minimum Gasteiger partial charge on any atom is -0.211 e. The molecule has 1 rings (SSSR count). The van der Waals surface area contributed by atoms with E-state index in [-0.39, 0.29) is 5.83 Å². The SMILES string of the molecule is CC(C)CC1(CCl)CC=CC=C1F. The summed E-state index contributed by atoms with van der Waals surface area (Å²) in [4.78, 5) is 0. The Morgan fingerprint density at radius 3 is 2.77 bits per heavy atom. The lowest BCUT2D eigenvalue weighted by Gasteiger charge is -2.32. The predicted molar refractivity (Wildman–Crippen MR) is 55.6 cm³/mol. The Balaban J connectivity index is 2.81. The van der Waals surface area contributed by atoms with Gasteiger partial charge in [0.2, 0.25) is 0 Å². The summed E-state index contributed by atoms with van der Waals surface area (Å²) in [5.74, 6) is 0.792. The van der Waals surface area contributed by atoms with Crippen LogP contribution in [0.2, 0.25) is 0 Å². The van der Waals surface area contributed by atoms with E-state index in [1.807, 2.05) is 6.08 Å². The van der Waals surface area contributed by atoms with Crippen molar-refractivity contribution in [3.05, 3.63) is 24.1 Å². The molecule has 1 unspecified atom stereocenters. The maximum absolute atomic E-state index is 13.6. The zero-order valence-corrected chi connectivity index (χ0v) is 8.94. The van der Waals surface area contributed by atoms with E-state index >= 15 is 0 Å². The third-order valence-corrected chi connectivity index (χ3v) is 2.96. The second-order valence-corrected chi connectivity index (χ2v) is 4.43. The lowest BCUT2D eigenvalue weighted by molar-refractivity contribution is 0.262. The van der Waals surface area contributed by atoms with Crippen LogP contribution in [0.5, 0.6) is 0 Å². The number of rotatable bonds is 3. The molecule has 2 heteroatoms. The summed E-state index contributed by atoms with van der Waals surface area (Å²) in [6.45, 7) is 4.19. The van der Waals surface area contributed by atoms with Gasteiger partial charge in [0, 0.05) is 11.3 Å². The Morgan fingerprint density at radius 2 is 2.31 bits per heavy atom. The highest BCUT2D eigenvalue weighted by Gasteiger charge is 2.34. The van der Waals surface area contributed by atoms with E-state index < -0.39 is 5.41 Å². The summed E-state index contributed by atoms with van der Waals surface area (Å²) in [6, 6.07) is 0. The van der Waals surface area contributed by atoms with Crippen LogP contribution in [0.1, 0.15) is 26.7 Å². The van der Waals surface area contributed by atoms with Gasteiger partial charge in [0.1, 0.15) is 5.83 Å². The van der Waals surface area contributed by atoms with Crippen molar-refractivity contribution in [1.29, 1.82) is 0 Å². The quantitative estimate of drug-likeness (QED) is 0.606. The van der Waals surface area contributed by atoms with Crippen molar-refractivity contribution in [2.75, 3.05) is 5.88 Å². The molecule has 1 aliphatic carbocycles. The van der Waals surface area contributed by atoms with Crippen LogP contribution in [0, 0.1) is 11.3 Å². The molecule has 74 valence electrons. The van der Waals surface area contributed by atoms with Gasteiger partial charge >= 0.3 is 0 Å². The average Bonchev–Trinajstić information content (AvgIpc) is 2.08. The van der Waals surface area contributed by atoms with E-state index in [1.54, 1.807) is 6.08 Å². The maximum Gasteiger partial charge on any atom is 0.108 e. The molecule has 1 aliphatic rings. The number of alkyl halides is 1. The molecule has 1 atom stereocenters. The first-order valence-electron chi connectivity index (χ1n) is 4.69. The van der Waals surface area contributed by atoms with Gasteiger partial charge in [-0.25, -0.2) is 4.39 Å². The fraction of sp³-hybridized carbons (Fsp3) is 0.636. The van der Waals surface area contributed by atoms with Gasteiger partial charge in [-0.05, 0) is 24.8 Å². The number of hydrogen-bond acceptors (Lipinski definition) is 0. The zero-order chi connectivity index (χ0) is 9.90. The van der Waals surface area contributed by atoms with Gasteiger partial charge in [-0.15, -0.1) is 11.6 Å². The van der Waals surface area contributed by atoms with Gasteiger partial charge in [-0.2, -0.15) is 0 Å². The van der Waals surface area contributed by atoms with Crippen LogP contribution in [-0.2, 0) is 0 Å². The highest BCUT2D eigenvalue weighted by atomic mass is 35.5. The molecular formula is C11H16ClF. The Bertz CT molecular complexity index is 230. The minimum atomic E-state index is -0.426. The molecule has 0 aromatic carbocycles. The Hall–Kier alpha value is -0.300. The predicted octanol–water partition coefficient (Wildman–Crippen LogP) is 4.07. The standard InChI is InChI=1S/C11H16ClF/c1-9(2)7-11(8-12)6-4-3-5-10(11)13/h3-5,9H,6-8H2,1-2H3. The molecule has 0 aromatic rings. The third-order valence-electron chi connectivity index (χ3n) is 2.45. The molecule has 0 spiro atoms. The summed E-state index contributed by atoms with van der Waals surface area (Å²) >= 11 is 5.86. The molecule has 0 amide bonds. The summed E-state index contributed by atoms with van der Waals surface area (Å²) in [5, 5.41) is 0. The molecule has 0 nitrogen and oxygen atoms in total. The molecule has 13 heavy (non-hydrogen) atoms. The van der Waals surface area contributed by atoms with Gasteiger partial charge in [0.15, 0.2) is 0 Å². The molecule has 0 saturated carbocycles. The van der Waals surface area contributed by atoms with Gasteiger partial charge in [-0.1, -0.05) is 26.0 Å². The molecular weight excluding hydrogens is 187 g/mol. The zero-order valence-electron chi connectivity index (χ0n) is 8.19. The number of hydrogen-bond donors (Lipinski definition) is 0.